The normalized spacial score (nSPS) is 19.2. The van der Waals surface area contributed by atoms with E-state index in [1.807, 2.05) is 0 Å². The molecular formula is C12H16N2O3. The van der Waals surface area contributed by atoms with E-state index in [4.69, 9.17) is 4.74 Å². The summed E-state index contributed by atoms with van der Waals surface area (Å²) in [6, 6.07) is 6.76. The predicted octanol–water partition coefficient (Wildman–Crippen LogP) is 2.12. The summed E-state index contributed by atoms with van der Waals surface area (Å²) in [4.78, 5) is 10.0. The van der Waals surface area contributed by atoms with Crippen LogP contribution in [-0.4, -0.2) is 24.1 Å². The second-order valence-electron chi connectivity index (χ2n) is 4.18. The van der Waals surface area contributed by atoms with Crippen molar-refractivity contribution in [1.82, 2.24) is 5.32 Å². The third-order valence-electron chi connectivity index (χ3n) is 2.94. The van der Waals surface area contributed by atoms with E-state index in [-0.39, 0.29) is 5.69 Å². The second kappa shape index (κ2) is 5.63. The lowest BCUT2D eigenvalue weighted by Crippen LogP contribution is -2.23. The van der Waals surface area contributed by atoms with Gasteiger partial charge in [-0.1, -0.05) is 0 Å². The lowest BCUT2D eigenvalue weighted by Gasteiger charge is -2.10. The van der Waals surface area contributed by atoms with E-state index in [9.17, 15) is 10.1 Å². The first-order chi connectivity index (χ1) is 8.25. The van der Waals surface area contributed by atoms with Crippen LogP contribution in [-0.2, 0) is 0 Å². The van der Waals surface area contributed by atoms with E-state index in [0.717, 1.165) is 13.0 Å². The summed E-state index contributed by atoms with van der Waals surface area (Å²) in [5.74, 6) is 0.689. The summed E-state index contributed by atoms with van der Waals surface area (Å²) in [7, 11) is 0. The van der Waals surface area contributed by atoms with Gasteiger partial charge in [-0.05, 0) is 37.9 Å². The van der Waals surface area contributed by atoms with Crippen LogP contribution in [0.4, 0.5) is 5.69 Å². The van der Waals surface area contributed by atoms with Crippen LogP contribution in [0.15, 0.2) is 24.3 Å². The number of nitrogens with one attached hydrogen (secondary N) is 1. The SMILES string of the molecule is O=[N+]([O-])c1ccc(OCCC2CCCN2)cc1. The molecule has 17 heavy (non-hydrogen) atoms. The fraction of sp³-hybridized carbons (Fsp3) is 0.500. The van der Waals surface area contributed by atoms with E-state index >= 15 is 0 Å². The highest BCUT2D eigenvalue weighted by atomic mass is 16.6. The van der Waals surface area contributed by atoms with Gasteiger partial charge >= 0.3 is 0 Å². The van der Waals surface area contributed by atoms with Crippen LogP contribution in [0.3, 0.4) is 0 Å². The van der Waals surface area contributed by atoms with Crippen molar-refractivity contribution in [1.29, 1.82) is 0 Å². The summed E-state index contributed by atoms with van der Waals surface area (Å²) in [6.45, 7) is 1.75. The molecule has 0 aromatic heterocycles. The first-order valence-corrected chi connectivity index (χ1v) is 5.86. The minimum Gasteiger partial charge on any atom is -0.494 e. The van der Waals surface area contributed by atoms with E-state index in [2.05, 4.69) is 5.32 Å². The molecule has 1 heterocycles. The minimum atomic E-state index is -0.410. The minimum absolute atomic E-state index is 0.0924. The highest BCUT2D eigenvalue weighted by Crippen LogP contribution is 2.18. The number of rotatable bonds is 5. The zero-order valence-electron chi connectivity index (χ0n) is 9.59. The largest absolute Gasteiger partial charge is 0.494 e. The van der Waals surface area contributed by atoms with Crippen molar-refractivity contribution in [2.24, 2.45) is 0 Å². The van der Waals surface area contributed by atoms with Gasteiger partial charge in [-0.15, -0.1) is 0 Å². The van der Waals surface area contributed by atoms with Gasteiger partial charge in [0, 0.05) is 18.2 Å². The Morgan fingerprint density at radius 1 is 1.41 bits per heavy atom. The smallest absolute Gasteiger partial charge is 0.269 e. The van der Waals surface area contributed by atoms with Gasteiger partial charge in [0.2, 0.25) is 0 Å². The molecule has 0 aliphatic carbocycles. The Labute approximate surface area is 99.9 Å². The Bertz CT molecular complexity index is 372. The number of hydrogen-bond donors (Lipinski definition) is 1. The van der Waals surface area contributed by atoms with Gasteiger partial charge in [-0.2, -0.15) is 0 Å². The number of hydrogen-bond acceptors (Lipinski definition) is 4. The zero-order valence-corrected chi connectivity index (χ0v) is 9.59. The van der Waals surface area contributed by atoms with Crippen molar-refractivity contribution >= 4 is 5.69 Å². The summed E-state index contributed by atoms with van der Waals surface area (Å²) >= 11 is 0. The van der Waals surface area contributed by atoms with Crippen LogP contribution in [0, 0.1) is 10.1 Å². The van der Waals surface area contributed by atoms with Gasteiger partial charge in [0.1, 0.15) is 5.75 Å². The molecular weight excluding hydrogens is 220 g/mol. The van der Waals surface area contributed by atoms with Crippen molar-refractivity contribution in [3.05, 3.63) is 34.4 Å². The van der Waals surface area contributed by atoms with Crippen molar-refractivity contribution in [3.8, 4) is 5.75 Å². The van der Waals surface area contributed by atoms with Gasteiger partial charge in [-0.3, -0.25) is 10.1 Å². The standard InChI is InChI=1S/C12H16N2O3/c15-14(16)11-3-5-12(6-4-11)17-9-7-10-2-1-8-13-10/h3-6,10,13H,1-2,7-9H2. The van der Waals surface area contributed by atoms with Crippen molar-refractivity contribution < 1.29 is 9.66 Å². The molecule has 1 aromatic carbocycles. The number of benzene rings is 1. The molecule has 1 atom stereocenters. The Balaban J connectivity index is 1.76. The fourth-order valence-corrected chi connectivity index (χ4v) is 1.99. The summed E-state index contributed by atoms with van der Waals surface area (Å²) in [5, 5.41) is 13.9. The lowest BCUT2D eigenvalue weighted by atomic mass is 10.2. The Hall–Kier alpha value is -1.62. The molecule has 1 N–H and O–H groups in total. The number of nitro groups is 1. The van der Waals surface area contributed by atoms with Gasteiger partial charge in [0.15, 0.2) is 0 Å². The highest BCUT2D eigenvalue weighted by Gasteiger charge is 2.13. The summed E-state index contributed by atoms with van der Waals surface area (Å²) in [5.41, 5.74) is 0.0924. The molecule has 1 aromatic rings. The molecule has 5 nitrogen and oxygen atoms in total. The monoisotopic (exact) mass is 236 g/mol. The van der Waals surface area contributed by atoms with Gasteiger partial charge in [0.05, 0.1) is 11.5 Å². The zero-order chi connectivity index (χ0) is 12.1. The van der Waals surface area contributed by atoms with Crippen LogP contribution < -0.4 is 10.1 Å². The number of non-ortho nitro benzene ring substituents is 1. The maximum absolute atomic E-state index is 10.5. The van der Waals surface area contributed by atoms with Crippen LogP contribution in [0.5, 0.6) is 5.75 Å². The summed E-state index contributed by atoms with van der Waals surface area (Å²) in [6.07, 6.45) is 3.43. The number of ether oxygens (including phenoxy) is 1. The first-order valence-electron chi connectivity index (χ1n) is 5.86. The third kappa shape index (κ3) is 3.42. The molecule has 0 radical (unpaired) electrons. The Morgan fingerprint density at radius 2 is 2.18 bits per heavy atom. The Kier molecular flexibility index (Phi) is 3.93. The van der Waals surface area contributed by atoms with Crippen molar-refractivity contribution in [2.75, 3.05) is 13.2 Å². The average Bonchev–Trinajstić information content (AvgIpc) is 2.83. The Morgan fingerprint density at radius 3 is 2.76 bits per heavy atom. The van der Waals surface area contributed by atoms with Gasteiger partial charge in [0.25, 0.3) is 5.69 Å². The molecule has 0 bridgehead atoms. The molecule has 5 heteroatoms. The molecule has 1 aliphatic rings. The molecule has 0 spiro atoms. The van der Waals surface area contributed by atoms with E-state index in [1.165, 1.54) is 25.0 Å². The number of nitrogens with zero attached hydrogens (tertiary/aromatic N) is 1. The van der Waals surface area contributed by atoms with Gasteiger partial charge < -0.3 is 10.1 Å². The maximum Gasteiger partial charge on any atom is 0.269 e. The molecule has 92 valence electrons. The predicted molar refractivity (Wildman–Crippen MR) is 64.2 cm³/mol. The molecule has 2 rings (SSSR count). The lowest BCUT2D eigenvalue weighted by molar-refractivity contribution is -0.384. The molecule has 0 amide bonds. The van der Waals surface area contributed by atoms with Gasteiger partial charge in [-0.25, -0.2) is 0 Å². The molecule has 1 saturated heterocycles. The van der Waals surface area contributed by atoms with Crippen LogP contribution in [0.2, 0.25) is 0 Å². The molecule has 1 fully saturated rings. The molecule has 1 unspecified atom stereocenters. The fourth-order valence-electron chi connectivity index (χ4n) is 1.99. The van der Waals surface area contributed by atoms with Crippen LogP contribution >= 0.6 is 0 Å². The average molecular weight is 236 g/mol. The van der Waals surface area contributed by atoms with E-state index in [1.54, 1.807) is 12.1 Å². The first kappa shape index (κ1) is 11.9. The van der Waals surface area contributed by atoms with Crippen molar-refractivity contribution in [2.45, 2.75) is 25.3 Å². The van der Waals surface area contributed by atoms with Crippen molar-refractivity contribution in [3.63, 3.8) is 0 Å². The molecule has 1 aliphatic heterocycles. The highest BCUT2D eigenvalue weighted by molar-refractivity contribution is 5.35. The second-order valence-corrected chi connectivity index (χ2v) is 4.18. The maximum atomic E-state index is 10.5. The molecule has 0 saturated carbocycles. The van der Waals surface area contributed by atoms with E-state index in [0.29, 0.717) is 18.4 Å². The number of nitro benzene ring substituents is 1. The summed E-state index contributed by atoms with van der Waals surface area (Å²) < 4.78 is 5.54. The third-order valence-corrected chi connectivity index (χ3v) is 2.94. The van der Waals surface area contributed by atoms with Crippen LogP contribution in [0.25, 0.3) is 0 Å². The quantitative estimate of drug-likeness (QED) is 0.628. The topological polar surface area (TPSA) is 64.4 Å². The van der Waals surface area contributed by atoms with E-state index < -0.39 is 4.92 Å². The van der Waals surface area contributed by atoms with Crippen LogP contribution in [0.1, 0.15) is 19.3 Å².